The summed E-state index contributed by atoms with van der Waals surface area (Å²) in [5, 5.41) is 6.05. The molecule has 2 unspecified atom stereocenters. The van der Waals surface area contributed by atoms with Crippen molar-refractivity contribution in [3.05, 3.63) is 5.82 Å². The van der Waals surface area contributed by atoms with Gasteiger partial charge < -0.3 is 15.0 Å². The second-order valence-corrected chi connectivity index (χ2v) is 3.44. The lowest BCUT2D eigenvalue weighted by atomic mass is 10.0. The lowest BCUT2D eigenvalue weighted by Crippen LogP contribution is -2.37. The first-order chi connectivity index (χ1) is 7.16. The molecule has 1 saturated heterocycles. The average molecular weight is 212 g/mol. The summed E-state index contributed by atoms with van der Waals surface area (Å²) < 4.78 is 9.84. The molecule has 1 aliphatic heterocycles. The third-order valence-electron chi connectivity index (χ3n) is 2.22. The summed E-state index contributed by atoms with van der Waals surface area (Å²) in [4.78, 5) is 15.5. The summed E-state index contributed by atoms with van der Waals surface area (Å²) >= 11 is 0. The predicted octanol–water partition coefficient (Wildman–Crippen LogP) is -0.710. The van der Waals surface area contributed by atoms with Gasteiger partial charge in [0.25, 0.3) is 0 Å². The van der Waals surface area contributed by atoms with E-state index < -0.39 is 0 Å². The number of nitrogens with two attached hydrogens (primary N) is 1. The maximum absolute atomic E-state index is 11.6. The number of carbonyl (C=O) groups excluding carboxylic acids is 1. The van der Waals surface area contributed by atoms with Crippen LogP contribution in [0.4, 0.5) is 6.01 Å². The Kier molecular flexibility index (Phi) is 2.65. The second-order valence-electron chi connectivity index (χ2n) is 3.44. The van der Waals surface area contributed by atoms with Crippen LogP contribution in [0.15, 0.2) is 4.52 Å². The van der Waals surface area contributed by atoms with Gasteiger partial charge in [-0.15, -0.1) is 0 Å². The number of nitrogens with one attached hydrogen (secondary N) is 1. The standard InChI is InChI=1S/C8H12N4O3/c1-4-10-8(15-12-4)11-7(13)5-2-14-3-6(5)9/h5-6H,2-3,9H2,1H3,(H,10,11,12,13). The Balaban J connectivity index is 1.97. The maximum Gasteiger partial charge on any atom is 0.328 e. The summed E-state index contributed by atoms with van der Waals surface area (Å²) in [5.74, 6) is -0.127. The molecule has 1 fully saturated rings. The lowest BCUT2D eigenvalue weighted by Gasteiger charge is -2.10. The first-order valence-corrected chi connectivity index (χ1v) is 4.61. The van der Waals surface area contributed by atoms with E-state index in [1.54, 1.807) is 6.92 Å². The number of ether oxygens (including phenoxy) is 1. The van der Waals surface area contributed by atoms with E-state index >= 15 is 0 Å². The number of nitrogens with zero attached hydrogens (tertiary/aromatic N) is 2. The summed E-state index contributed by atoms with van der Waals surface area (Å²) in [7, 11) is 0. The highest BCUT2D eigenvalue weighted by molar-refractivity contribution is 5.91. The van der Waals surface area contributed by atoms with Crippen LogP contribution in [0.25, 0.3) is 0 Å². The molecule has 0 spiro atoms. The zero-order chi connectivity index (χ0) is 10.8. The molecular weight excluding hydrogens is 200 g/mol. The number of anilines is 1. The van der Waals surface area contributed by atoms with E-state index in [4.69, 9.17) is 15.0 Å². The summed E-state index contributed by atoms with van der Waals surface area (Å²) in [6, 6.07) is -0.175. The number of carbonyl (C=O) groups is 1. The van der Waals surface area contributed by atoms with Crippen LogP contribution in [-0.4, -0.2) is 35.3 Å². The highest BCUT2D eigenvalue weighted by atomic mass is 16.5. The first-order valence-electron chi connectivity index (χ1n) is 4.61. The van der Waals surface area contributed by atoms with E-state index in [9.17, 15) is 4.79 Å². The minimum atomic E-state index is -0.350. The summed E-state index contributed by atoms with van der Waals surface area (Å²) in [5.41, 5.74) is 5.69. The van der Waals surface area contributed by atoms with E-state index in [1.165, 1.54) is 0 Å². The van der Waals surface area contributed by atoms with Crippen LogP contribution in [0.2, 0.25) is 0 Å². The Morgan fingerprint density at radius 1 is 1.60 bits per heavy atom. The van der Waals surface area contributed by atoms with Crippen LogP contribution in [0.5, 0.6) is 0 Å². The van der Waals surface area contributed by atoms with Gasteiger partial charge in [0.15, 0.2) is 5.82 Å². The number of rotatable bonds is 2. The minimum Gasteiger partial charge on any atom is -0.379 e. The van der Waals surface area contributed by atoms with Crippen molar-refractivity contribution in [3.63, 3.8) is 0 Å². The fourth-order valence-electron chi connectivity index (χ4n) is 1.39. The SMILES string of the molecule is Cc1noc(NC(=O)C2COCC2N)n1. The van der Waals surface area contributed by atoms with Gasteiger partial charge in [0.05, 0.1) is 19.1 Å². The van der Waals surface area contributed by atoms with Crippen molar-refractivity contribution >= 4 is 11.9 Å². The molecule has 1 aromatic heterocycles. The van der Waals surface area contributed by atoms with E-state index in [1.807, 2.05) is 0 Å². The van der Waals surface area contributed by atoms with Crippen molar-refractivity contribution in [1.29, 1.82) is 0 Å². The van der Waals surface area contributed by atoms with Gasteiger partial charge in [-0.1, -0.05) is 5.16 Å². The van der Waals surface area contributed by atoms with Gasteiger partial charge >= 0.3 is 6.01 Å². The molecule has 0 radical (unpaired) electrons. The molecule has 1 aliphatic rings. The van der Waals surface area contributed by atoms with Crippen LogP contribution in [-0.2, 0) is 9.53 Å². The molecule has 0 bridgehead atoms. The van der Waals surface area contributed by atoms with Gasteiger partial charge in [0.2, 0.25) is 5.91 Å². The Bertz CT molecular complexity index is 365. The lowest BCUT2D eigenvalue weighted by molar-refractivity contribution is -0.120. The van der Waals surface area contributed by atoms with Crippen molar-refractivity contribution in [1.82, 2.24) is 10.1 Å². The Labute approximate surface area is 86.0 Å². The number of hydrogen-bond acceptors (Lipinski definition) is 6. The summed E-state index contributed by atoms with van der Waals surface area (Å²) in [6.45, 7) is 2.41. The number of amides is 1. The van der Waals surface area contributed by atoms with Crippen molar-refractivity contribution in [3.8, 4) is 0 Å². The molecule has 15 heavy (non-hydrogen) atoms. The van der Waals surface area contributed by atoms with E-state index in [-0.39, 0.29) is 23.9 Å². The Morgan fingerprint density at radius 3 is 2.93 bits per heavy atom. The monoisotopic (exact) mass is 212 g/mol. The van der Waals surface area contributed by atoms with Crippen molar-refractivity contribution in [2.75, 3.05) is 18.5 Å². The highest BCUT2D eigenvalue weighted by Gasteiger charge is 2.32. The number of aromatic nitrogens is 2. The van der Waals surface area contributed by atoms with Crippen molar-refractivity contribution in [2.24, 2.45) is 11.7 Å². The molecule has 1 aromatic rings. The topological polar surface area (TPSA) is 103 Å². The van der Waals surface area contributed by atoms with Gasteiger partial charge in [0, 0.05) is 6.04 Å². The molecule has 0 aliphatic carbocycles. The van der Waals surface area contributed by atoms with Gasteiger partial charge in [-0.2, -0.15) is 4.98 Å². The smallest absolute Gasteiger partial charge is 0.328 e. The molecular formula is C8H12N4O3. The third-order valence-corrected chi connectivity index (χ3v) is 2.22. The molecule has 2 atom stereocenters. The van der Waals surface area contributed by atoms with Crippen LogP contribution >= 0.6 is 0 Å². The molecule has 82 valence electrons. The summed E-state index contributed by atoms with van der Waals surface area (Å²) in [6.07, 6.45) is 0. The second kappa shape index (κ2) is 3.95. The Hall–Kier alpha value is -1.47. The molecule has 1 amide bonds. The third kappa shape index (κ3) is 2.13. The van der Waals surface area contributed by atoms with Crippen LogP contribution < -0.4 is 11.1 Å². The molecule has 0 aromatic carbocycles. The maximum atomic E-state index is 11.6. The number of aryl methyl sites for hydroxylation is 1. The van der Waals surface area contributed by atoms with Crippen LogP contribution in [0, 0.1) is 12.8 Å². The van der Waals surface area contributed by atoms with Gasteiger partial charge in [-0.05, 0) is 6.92 Å². The van der Waals surface area contributed by atoms with Gasteiger partial charge in [-0.3, -0.25) is 10.1 Å². The molecule has 2 heterocycles. The van der Waals surface area contributed by atoms with Crippen LogP contribution in [0.1, 0.15) is 5.82 Å². The highest BCUT2D eigenvalue weighted by Crippen LogP contribution is 2.14. The predicted molar refractivity (Wildman–Crippen MR) is 49.9 cm³/mol. The van der Waals surface area contributed by atoms with Crippen molar-refractivity contribution < 1.29 is 14.1 Å². The normalized spacial score (nSPS) is 25.5. The molecule has 2 rings (SSSR count). The molecule has 7 nitrogen and oxygen atoms in total. The Morgan fingerprint density at radius 2 is 2.40 bits per heavy atom. The zero-order valence-corrected chi connectivity index (χ0v) is 8.27. The average Bonchev–Trinajstić information content (AvgIpc) is 2.75. The van der Waals surface area contributed by atoms with E-state index in [0.717, 1.165) is 0 Å². The van der Waals surface area contributed by atoms with E-state index in [2.05, 4.69) is 15.5 Å². The first kappa shape index (κ1) is 10.1. The molecule has 0 saturated carbocycles. The van der Waals surface area contributed by atoms with E-state index in [0.29, 0.717) is 19.0 Å². The van der Waals surface area contributed by atoms with Gasteiger partial charge in [-0.25, -0.2) is 0 Å². The largest absolute Gasteiger partial charge is 0.379 e. The molecule has 3 N–H and O–H groups in total. The zero-order valence-electron chi connectivity index (χ0n) is 8.27. The fourth-order valence-corrected chi connectivity index (χ4v) is 1.39. The van der Waals surface area contributed by atoms with Crippen LogP contribution in [0.3, 0.4) is 0 Å². The molecule has 7 heteroatoms. The quantitative estimate of drug-likeness (QED) is 0.671. The van der Waals surface area contributed by atoms with Crippen molar-refractivity contribution in [2.45, 2.75) is 13.0 Å². The van der Waals surface area contributed by atoms with Gasteiger partial charge in [0.1, 0.15) is 0 Å². The fraction of sp³-hybridized carbons (Fsp3) is 0.625. The minimum absolute atomic E-state index is 0.0941. The number of hydrogen-bond donors (Lipinski definition) is 2.